The number of nitrogens with zero attached hydrogens (tertiary/aromatic N) is 4. The normalized spacial score (nSPS) is 11.0. The van der Waals surface area contributed by atoms with Gasteiger partial charge in [-0.05, 0) is 0 Å². The molecule has 0 saturated heterocycles. The minimum atomic E-state index is 0. The van der Waals surface area contributed by atoms with Gasteiger partial charge in [0.25, 0.3) is 0 Å². The van der Waals surface area contributed by atoms with Crippen LogP contribution < -0.4 is 12.4 Å². The second kappa shape index (κ2) is 5.14. The summed E-state index contributed by atoms with van der Waals surface area (Å²) in [5.74, 6) is 0.809. The predicted octanol–water partition coefficient (Wildman–Crippen LogP) is -3.16. The highest BCUT2D eigenvalue weighted by molar-refractivity contribution is 4.74. The lowest BCUT2D eigenvalue weighted by Gasteiger charge is -2.23. The van der Waals surface area contributed by atoms with Crippen LogP contribution in [0.3, 0.4) is 0 Å². The van der Waals surface area contributed by atoms with Crippen molar-refractivity contribution in [2.24, 2.45) is 0 Å². The van der Waals surface area contributed by atoms with E-state index in [4.69, 9.17) is 0 Å². The molecule has 1 aromatic rings. The van der Waals surface area contributed by atoms with Crippen molar-refractivity contribution in [3.8, 4) is 0 Å². The first-order valence-electron chi connectivity index (χ1n) is 4.11. The van der Waals surface area contributed by atoms with E-state index in [1.807, 2.05) is 0 Å². The van der Waals surface area contributed by atoms with Gasteiger partial charge in [-0.2, -0.15) is 5.21 Å². The molecule has 0 saturated carbocycles. The van der Waals surface area contributed by atoms with Gasteiger partial charge in [0.2, 0.25) is 0 Å². The largest absolute Gasteiger partial charge is 1.00 e. The molecule has 0 fully saturated rings. The van der Waals surface area contributed by atoms with Crippen molar-refractivity contribution in [1.82, 2.24) is 20.6 Å². The second-order valence-corrected chi connectivity index (χ2v) is 3.95. The summed E-state index contributed by atoms with van der Waals surface area (Å²) in [6.45, 7) is 1.13. The van der Waals surface area contributed by atoms with E-state index in [0.717, 1.165) is 29.7 Å². The Bertz CT molecular complexity index is 215. The van der Waals surface area contributed by atoms with E-state index in [1.54, 1.807) is 0 Å². The van der Waals surface area contributed by atoms with E-state index in [1.165, 1.54) is 0 Å². The fourth-order valence-electron chi connectivity index (χ4n) is 1.000. The molecule has 1 rings (SSSR count). The smallest absolute Gasteiger partial charge is 0.174 e. The summed E-state index contributed by atoms with van der Waals surface area (Å²) in [6.07, 6.45) is 2.01. The SMILES string of the molecule is C[N+](C)(C)CCCc1nn[nH]n1.[Cl-]. The van der Waals surface area contributed by atoms with Crippen LogP contribution in [0.15, 0.2) is 0 Å². The Labute approximate surface area is 84.5 Å². The summed E-state index contributed by atoms with van der Waals surface area (Å²) in [5, 5.41) is 13.7. The average molecular weight is 206 g/mol. The van der Waals surface area contributed by atoms with Crippen LogP contribution in [-0.4, -0.2) is 52.8 Å². The van der Waals surface area contributed by atoms with Crippen molar-refractivity contribution >= 4 is 0 Å². The Balaban J connectivity index is 0.00000144. The number of tetrazole rings is 1. The molecule has 13 heavy (non-hydrogen) atoms. The van der Waals surface area contributed by atoms with Gasteiger partial charge in [-0.3, -0.25) is 0 Å². The third-order valence-electron chi connectivity index (χ3n) is 1.62. The van der Waals surface area contributed by atoms with Crippen LogP contribution in [0.1, 0.15) is 12.2 Å². The number of rotatable bonds is 4. The number of nitrogens with one attached hydrogen (secondary N) is 1. The highest BCUT2D eigenvalue weighted by Gasteiger charge is 2.07. The molecule has 0 aliphatic rings. The van der Waals surface area contributed by atoms with E-state index in [2.05, 4.69) is 41.8 Å². The van der Waals surface area contributed by atoms with Gasteiger partial charge < -0.3 is 16.9 Å². The van der Waals surface area contributed by atoms with Crippen LogP contribution in [0.5, 0.6) is 0 Å². The number of H-pyrrole nitrogens is 1. The minimum absolute atomic E-state index is 0. The summed E-state index contributed by atoms with van der Waals surface area (Å²) < 4.78 is 0.984. The molecule has 1 N–H and O–H groups in total. The van der Waals surface area contributed by atoms with Crippen molar-refractivity contribution in [1.29, 1.82) is 0 Å². The molecule has 0 unspecified atom stereocenters. The molecule has 0 spiro atoms. The molecule has 0 bridgehead atoms. The van der Waals surface area contributed by atoms with Crippen LogP contribution >= 0.6 is 0 Å². The van der Waals surface area contributed by atoms with Crippen LogP contribution in [0, 0.1) is 0 Å². The molecule has 76 valence electrons. The average Bonchev–Trinajstić information content (AvgIpc) is 2.36. The predicted molar refractivity (Wildman–Crippen MR) is 45.4 cm³/mol. The fourth-order valence-corrected chi connectivity index (χ4v) is 1.000. The van der Waals surface area contributed by atoms with E-state index in [9.17, 15) is 0 Å². The zero-order chi connectivity index (χ0) is 9.03. The van der Waals surface area contributed by atoms with Crippen molar-refractivity contribution < 1.29 is 16.9 Å². The van der Waals surface area contributed by atoms with Gasteiger partial charge in [-0.15, -0.1) is 10.2 Å². The molecular formula is C7H16ClN5. The molecular weight excluding hydrogens is 190 g/mol. The summed E-state index contributed by atoms with van der Waals surface area (Å²) in [7, 11) is 6.53. The third kappa shape index (κ3) is 5.54. The molecule has 0 atom stereocenters. The summed E-state index contributed by atoms with van der Waals surface area (Å²) >= 11 is 0. The maximum atomic E-state index is 3.88. The Morgan fingerprint density at radius 1 is 1.31 bits per heavy atom. The van der Waals surface area contributed by atoms with E-state index in [0.29, 0.717) is 0 Å². The quantitative estimate of drug-likeness (QED) is 0.529. The molecule has 0 aliphatic carbocycles. The Kier molecular flexibility index (Phi) is 4.87. The first kappa shape index (κ1) is 12.3. The van der Waals surface area contributed by atoms with Crippen LogP contribution in [0.4, 0.5) is 0 Å². The first-order chi connectivity index (χ1) is 5.58. The zero-order valence-corrected chi connectivity index (χ0v) is 9.04. The second-order valence-electron chi connectivity index (χ2n) is 3.95. The summed E-state index contributed by atoms with van der Waals surface area (Å²) in [4.78, 5) is 0. The molecule has 6 heteroatoms. The molecule has 0 radical (unpaired) electrons. The van der Waals surface area contributed by atoms with Crippen LogP contribution in [0.2, 0.25) is 0 Å². The molecule has 0 aromatic carbocycles. The van der Waals surface area contributed by atoms with Crippen LogP contribution in [0.25, 0.3) is 0 Å². The minimum Gasteiger partial charge on any atom is -1.00 e. The topological polar surface area (TPSA) is 54.5 Å². The lowest BCUT2D eigenvalue weighted by molar-refractivity contribution is -0.870. The summed E-state index contributed by atoms with van der Waals surface area (Å²) in [5.41, 5.74) is 0. The number of halogens is 1. The maximum Gasteiger partial charge on any atom is 0.174 e. The van der Waals surface area contributed by atoms with Crippen molar-refractivity contribution in [2.45, 2.75) is 12.8 Å². The Morgan fingerprint density at radius 3 is 2.46 bits per heavy atom. The third-order valence-corrected chi connectivity index (χ3v) is 1.62. The van der Waals surface area contributed by atoms with Gasteiger partial charge >= 0.3 is 0 Å². The number of hydrogen-bond acceptors (Lipinski definition) is 3. The van der Waals surface area contributed by atoms with Gasteiger partial charge in [0.05, 0.1) is 27.7 Å². The van der Waals surface area contributed by atoms with E-state index >= 15 is 0 Å². The highest BCUT2D eigenvalue weighted by Crippen LogP contribution is 1.97. The van der Waals surface area contributed by atoms with Gasteiger partial charge in [-0.25, -0.2) is 0 Å². The Hall–Kier alpha value is -0.680. The van der Waals surface area contributed by atoms with Crippen molar-refractivity contribution in [3.63, 3.8) is 0 Å². The molecule has 5 nitrogen and oxygen atoms in total. The van der Waals surface area contributed by atoms with Gasteiger partial charge in [0.15, 0.2) is 5.82 Å². The Morgan fingerprint density at radius 2 is 2.00 bits per heavy atom. The maximum absolute atomic E-state index is 3.88. The van der Waals surface area contributed by atoms with Crippen molar-refractivity contribution in [3.05, 3.63) is 5.82 Å². The van der Waals surface area contributed by atoms with Crippen LogP contribution in [-0.2, 0) is 6.42 Å². The zero-order valence-electron chi connectivity index (χ0n) is 8.29. The number of quaternary nitrogens is 1. The molecule has 0 amide bonds. The van der Waals surface area contributed by atoms with E-state index < -0.39 is 0 Å². The first-order valence-corrected chi connectivity index (χ1v) is 4.11. The fraction of sp³-hybridized carbons (Fsp3) is 0.857. The number of hydrogen-bond donors (Lipinski definition) is 1. The molecule has 1 aromatic heterocycles. The molecule has 0 aliphatic heterocycles. The van der Waals surface area contributed by atoms with Gasteiger partial charge in [0.1, 0.15) is 0 Å². The highest BCUT2D eigenvalue weighted by atomic mass is 35.5. The number of aromatic amines is 1. The summed E-state index contributed by atoms with van der Waals surface area (Å²) in [6, 6.07) is 0. The number of aromatic nitrogens is 4. The molecule has 1 heterocycles. The van der Waals surface area contributed by atoms with E-state index in [-0.39, 0.29) is 12.4 Å². The standard InChI is InChI=1S/C7H16N5.ClH/c1-12(2,3)6-4-5-7-8-10-11-9-7;/h4-6H2,1-3H3,(H,8,9,10,11);1H/q+1;/p-1. The van der Waals surface area contributed by atoms with Gasteiger partial charge in [-0.1, -0.05) is 5.21 Å². The lowest BCUT2D eigenvalue weighted by Crippen LogP contribution is -3.00. The monoisotopic (exact) mass is 205 g/mol. The lowest BCUT2D eigenvalue weighted by atomic mass is 10.3. The number of aryl methyl sites for hydroxylation is 1. The van der Waals surface area contributed by atoms with Crippen molar-refractivity contribution in [2.75, 3.05) is 27.7 Å². The van der Waals surface area contributed by atoms with Gasteiger partial charge in [0, 0.05) is 12.8 Å².